The monoisotopic (exact) mass is 292 g/mol. The van der Waals surface area contributed by atoms with Gasteiger partial charge in [0.25, 0.3) is 5.91 Å². The molecule has 3 amide bonds. The highest BCUT2D eigenvalue weighted by molar-refractivity contribution is 6.07. The van der Waals surface area contributed by atoms with Gasteiger partial charge in [0.1, 0.15) is 11.3 Å². The molecule has 1 spiro atoms. The average Bonchev–Trinajstić information content (AvgIpc) is 3.08. The molecule has 7 heteroatoms. The van der Waals surface area contributed by atoms with E-state index in [0.29, 0.717) is 24.2 Å². The summed E-state index contributed by atoms with van der Waals surface area (Å²) < 4.78 is 5.10. The molecule has 112 valence electrons. The average molecular weight is 292 g/mol. The van der Waals surface area contributed by atoms with Gasteiger partial charge in [0.05, 0.1) is 6.54 Å². The Morgan fingerprint density at radius 2 is 2.10 bits per heavy atom. The van der Waals surface area contributed by atoms with E-state index in [2.05, 4.69) is 5.32 Å². The Bertz CT molecular complexity index is 627. The first-order valence-electron chi connectivity index (χ1n) is 6.90. The molecule has 1 aromatic heterocycles. The number of carbonyl (C=O) groups is 3. The number of rotatable bonds is 3. The van der Waals surface area contributed by atoms with Crippen LogP contribution in [0.4, 0.5) is 4.79 Å². The fourth-order valence-corrected chi connectivity index (χ4v) is 3.09. The van der Waals surface area contributed by atoms with E-state index in [1.807, 2.05) is 0 Å². The maximum atomic E-state index is 12.5. The van der Waals surface area contributed by atoms with Crippen LogP contribution in [0.25, 0.3) is 0 Å². The van der Waals surface area contributed by atoms with Crippen LogP contribution in [0.1, 0.15) is 47.6 Å². The molecule has 1 saturated carbocycles. The van der Waals surface area contributed by atoms with Crippen molar-refractivity contribution in [2.75, 3.05) is 0 Å². The van der Waals surface area contributed by atoms with Gasteiger partial charge in [-0.3, -0.25) is 9.69 Å². The molecular weight excluding hydrogens is 276 g/mol. The zero-order valence-corrected chi connectivity index (χ0v) is 11.6. The van der Waals surface area contributed by atoms with Crippen LogP contribution < -0.4 is 5.32 Å². The number of carbonyl (C=O) groups excluding carboxylic acids is 2. The lowest BCUT2D eigenvalue weighted by atomic mass is 9.98. The van der Waals surface area contributed by atoms with Crippen molar-refractivity contribution in [1.82, 2.24) is 10.2 Å². The van der Waals surface area contributed by atoms with E-state index < -0.39 is 17.5 Å². The molecule has 3 rings (SSSR count). The standard InChI is InChI=1S/C14H16N2O5/c1-8-9(6-10(21-8)11(17)18)7-16-12(19)14(15-13(16)20)4-2-3-5-14/h6H,2-5,7H2,1H3,(H,15,20)(H,17,18). The maximum Gasteiger partial charge on any atom is 0.371 e. The van der Waals surface area contributed by atoms with Crippen molar-refractivity contribution in [2.45, 2.75) is 44.7 Å². The molecule has 0 bridgehead atoms. The topological polar surface area (TPSA) is 99.8 Å². The highest BCUT2D eigenvalue weighted by Gasteiger charge is 2.52. The lowest BCUT2D eigenvalue weighted by molar-refractivity contribution is -0.131. The molecule has 1 aromatic rings. The fourth-order valence-electron chi connectivity index (χ4n) is 3.09. The van der Waals surface area contributed by atoms with Crippen molar-refractivity contribution in [3.63, 3.8) is 0 Å². The van der Waals surface area contributed by atoms with Crippen LogP contribution in [-0.4, -0.2) is 33.5 Å². The number of furan rings is 1. The molecule has 0 unspecified atom stereocenters. The van der Waals surface area contributed by atoms with Crippen LogP contribution in [0.3, 0.4) is 0 Å². The van der Waals surface area contributed by atoms with E-state index in [9.17, 15) is 14.4 Å². The van der Waals surface area contributed by atoms with Crippen molar-refractivity contribution in [3.8, 4) is 0 Å². The predicted octanol–water partition coefficient (Wildman–Crippen LogP) is 1.65. The molecule has 2 heterocycles. The molecule has 2 fully saturated rings. The molecule has 1 saturated heterocycles. The normalized spacial score (nSPS) is 20.3. The summed E-state index contributed by atoms with van der Waals surface area (Å²) in [7, 11) is 0. The molecule has 2 aliphatic rings. The van der Waals surface area contributed by atoms with Crippen LogP contribution in [0.5, 0.6) is 0 Å². The van der Waals surface area contributed by atoms with Gasteiger partial charge in [-0.05, 0) is 25.8 Å². The second-order valence-electron chi connectivity index (χ2n) is 5.61. The highest BCUT2D eigenvalue weighted by Crippen LogP contribution is 2.35. The van der Waals surface area contributed by atoms with Gasteiger partial charge in [-0.25, -0.2) is 9.59 Å². The number of amides is 3. The lowest BCUT2D eigenvalue weighted by Gasteiger charge is -2.19. The van der Waals surface area contributed by atoms with Crippen LogP contribution in [0, 0.1) is 6.92 Å². The third kappa shape index (κ3) is 2.09. The molecule has 2 N–H and O–H groups in total. The molecule has 0 radical (unpaired) electrons. The SMILES string of the molecule is Cc1oc(C(=O)O)cc1CN1C(=O)NC2(CCCC2)C1=O. The number of carboxylic acid groups (broad SMARTS) is 1. The van der Waals surface area contributed by atoms with Crippen LogP contribution in [0.2, 0.25) is 0 Å². The minimum atomic E-state index is -1.17. The molecule has 0 aromatic carbocycles. The first-order valence-corrected chi connectivity index (χ1v) is 6.90. The van der Waals surface area contributed by atoms with Gasteiger partial charge in [0.15, 0.2) is 0 Å². The number of aromatic carboxylic acids is 1. The second-order valence-corrected chi connectivity index (χ2v) is 5.61. The summed E-state index contributed by atoms with van der Waals surface area (Å²) in [5, 5.41) is 11.7. The van der Waals surface area contributed by atoms with Gasteiger partial charge >= 0.3 is 12.0 Å². The Morgan fingerprint density at radius 1 is 1.43 bits per heavy atom. The van der Waals surface area contributed by atoms with Crippen LogP contribution >= 0.6 is 0 Å². The summed E-state index contributed by atoms with van der Waals surface area (Å²) >= 11 is 0. The van der Waals surface area contributed by atoms with E-state index in [1.54, 1.807) is 6.92 Å². The van der Waals surface area contributed by atoms with Gasteiger partial charge in [-0.1, -0.05) is 12.8 Å². The van der Waals surface area contributed by atoms with Crippen molar-refractivity contribution in [1.29, 1.82) is 0 Å². The van der Waals surface area contributed by atoms with E-state index in [0.717, 1.165) is 17.7 Å². The minimum absolute atomic E-state index is 0.0367. The number of nitrogens with one attached hydrogen (secondary N) is 1. The lowest BCUT2D eigenvalue weighted by Crippen LogP contribution is -2.44. The number of hydrogen-bond acceptors (Lipinski definition) is 4. The Balaban J connectivity index is 1.83. The Labute approximate surface area is 120 Å². The molecule has 0 atom stereocenters. The Kier molecular flexibility index (Phi) is 3.00. The number of carboxylic acids is 1. The largest absolute Gasteiger partial charge is 0.475 e. The Hall–Kier alpha value is -2.31. The number of imide groups is 1. The summed E-state index contributed by atoms with van der Waals surface area (Å²) in [6.07, 6.45) is 3.18. The first kappa shape index (κ1) is 13.7. The maximum absolute atomic E-state index is 12.5. The number of hydrogen-bond donors (Lipinski definition) is 2. The quantitative estimate of drug-likeness (QED) is 0.825. The summed E-state index contributed by atoms with van der Waals surface area (Å²) in [6, 6.07) is 0.942. The van der Waals surface area contributed by atoms with Gasteiger partial charge in [0.2, 0.25) is 5.76 Å². The molecule has 1 aliphatic heterocycles. The number of nitrogens with zero attached hydrogens (tertiary/aromatic N) is 1. The molecule has 21 heavy (non-hydrogen) atoms. The Morgan fingerprint density at radius 3 is 2.67 bits per heavy atom. The van der Waals surface area contributed by atoms with Gasteiger partial charge in [-0.2, -0.15) is 0 Å². The number of urea groups is 1. The number of aryl methyl sites for hydroxylation is 1. The summed E-state index contributed by atoms with van der Waals surface area (Å²) in [5.74, 6) is -1.18. The van der Waals surface area contributed by atoms with Gasteiger partial charge < -0.3 is 14.8 Å². The van der Waals surface area contributed by atoms with E-state index in [4.69, 9.17) is 9.52 Å². The third-order valence-corrected chi connectivity index (χ3v) is 4.26. The summed E-state index contributed by atoms with van der Waals surface area (Å²) in [5.41, 5.74) is -0.212. The van der Waals surface area contributed by atoms with Crippen LogP contribution in [0.15, 0.2) is 10.5 Å². The smallest absolute Gasteiger partial charge is 0.371 e. The van der Waals surface area contributed by atoms with Gasteiger partial charge in [-0.15, -0.1) is 0 Å². The highest BCUT2D eigenvalue weighted by atomic mass is 16.4. The summed E-state index contributed by atoms with van der Waals surface area (Å²) in [4.78, 5) is 36.6. The van der Waals surface area contributed by atoms with E-state index in [-0.39, 0.29) is 18.2 Å². The van der Waals surface area contributed by atoms with Crippen LogP contribution in [-0.2, 0) is 11.3 Å². The van der Waals surface area contributed by atoms with E-state index >= 15 is 0 Å². The second kappa shape index (κ2) is 4.61. The minimum Gasteiger partial charge on any atom is -0.475 e. The van der Waals surface area contributed by atoms with Gasteiger partial charge in [0, 0.05) is 5.56 Å². The summed E-state index contributed by atoms with van der Waals surface area (Å²) in [6.45, 7) is 1.65. The first-order chi connectivity index (χ1) is 9.93. The van der Waals surface area contributed by atoms with E-state index in [1.165, 1.54) is 6.07 Å². The van der Waals surface area contributed by atoms with Crippen molar-refractivity contribution in [2.24, 2.45) is 0 Å². The molecular formula is C14H16N2O5. The molecule has 1 aliphatic carbocycles. The van der Waals surface area contributed by atoms with Crippen molar-refractivity contribution in [3.05, 3.63) is 23.2 Å². The zero-order valence-electron chi connectivity index (χ0n) is 11.6. The van der Waals surface area contributed by atoms with Crippen molar-refractivity contribution >= 4 is 17.9 Å². The predicted molar refractivity (Wildman–Crippen MR) is 70.7 cm³/mol. The zero-order chi connectivity index (χ0) is 15.2. The van der Waals surface area contributed by atoms with Crippen molar-refractivity contribution < 1.29 is 23.9 Å². The third-order valence-electron chi connectivity index (χ3n) is 4.26. The molecule has 7 nitrogen and oxygen atoms in total. The fraction of sp³-hybridized carbons (Fsp3) is 0.500.